The lowest BCUT2D eigenvalue weighted by molar-refractivity contribution is -0.146. The van der Waals surface area contributed by atoms with Crippen LogP contribution in [0.2, 0.25) is 23.7 Å². The fourth-order valence-corrected chi connectivity index (χ4v) is 12.1. The van der Waals surface area contributed by atoms with Gasteiger partial charge in [-0.3, -0.25) is 9.59 Å². The third-order valence-electron chi connectivity index (χ3n) is 10.1. The summed E-state index contributed by atoms with van der Waals surface area (Å²) in [5.74, 6) is 0.706. The zero-order valence-electron chi connectivity index (χ0n) is 25.9. The molecule has 0 radical (unpaired) electrons. The van der Waals surface area contributed by atoms with Crippen molar-refractivity contribution >= 4 is 48.1 Å². The molecule has 3 aliphatic rings. The van der Waals surface area contributed by atoms with E-state index >= 15 is 0 Å². The number of carbonyl (C=O) groups is 2. The number of hydrogen-bond donors (Lipinski definition) is 1. The predicted molar refractivity (Wildman–Crippen MR) is 177 cm³/mol. The summed E-state index contributed by atoms with van der Waals surface area (Å²) < 4.78 is 12.4. The van der Waals surface area contributed by atoms with Gasteiger partial charge >= 0.3 is 0 Å². The van der Waals surface area contributed by atoms with Gasteiger partial charge in [-0.25, -0.2) is 0 Å². The number of aliphatic hydroxyl groups excluding tert-OH is 1. The number of fused-ring (bicyclic) bond motifs is 2. The van der Waals surface area contributed by atoms with Gasteiger partial charge < -0.3 is 24.4 Å². The fraction of sp³-hybridized carbons (Fsp3) is 0.429. The Morgan fingerprint density at radius 1 is 1.05 bits per heavy atom. The highest BCUT2D eigenvalue weighted by Crippen LogP contribution is 2.60. The molecule has 232 valence electrons. The Morgan fingerprint density at radius 3 is 2.43 bits per heavy atom. The molecule has 3 aromatic rings. The lowest BCUT2D eigenvalue weighted by Gasteiger charge is -2.37. The summed E-state index contributed by atoms with van der Waals surface area (Å²) in [5, 5.41) is 11.9. The van der Waals surface area contributed by atoms with Gasteiger partial charge in [0.1, 0.15) is 5.75 Å². The van der Waals surface area contributed by atoms with Crippen LogP contribution in [0, 0.1) is 5.92 Å². The SMILES string of the molecule is COc1ccc([Si](C)(C)[C@H]2[C@H](CCO)O[C@@]3(C(=O)N(Cc4ccc(N5CCCCC5=O)cc4)c4ccc(Cl)cc43)[C@@H]2C)cc1. The number of benzene rings is 3. The number of amides is 2. The summed E-state index contributed by atoms with van der Waals surface area (Å²) in [6.07, 6.45) is 2.68. The van der Waals surface area contributed by atoms with Crippen molar-refractivity contribution in [1.82, 2.24) is 0 Å². The molecule has 2 saturated heterocycles. The molecule has 0 saturated carbocycles. The Hall–Kier alpha value is -3.17. The van der Waals surface area contributed by atoms with Gasteiger partial charge in [-0.15, -0.1) is 0 Å². The quantitative estimate of drug-likeness (QED) is 0.308. The fourth-order valence-electron chi connectivity index (χ4n) is 7.88. The summed E-state index contributed by atoms with van der Waals surface area (Å²) in [7, 11) is -0.594. The van der Waals surface area contributed by atoms with E-state index in [0.29, 0.717) is 24.4 Å². The van der Waals surface area contributed by atoms with Crippen LogP contribution in [-0.2, 0) is 26.5 Å². The molecule has 1 spiro atoms. The van der Waals surface area contributed by atoms with E-state index in [1.54, 1.807) is 7.11 Å². The number of nitrogens with zero attached hydrogens (tertiary/aromatic N) is 2. The number of rotatable bonds is 8. The number of ether oxygens (including phenoxy) is 2. The monoisotopic (exact) mass is 632 g/mol. The second kappa shape index (κ2) is 12.0. The van der Waals surface area contributed by atoms with Crippen molar-refractivity contribution in [2.75, 3.05) is 30.1 Å². The maximum Gasteiger partial charge on any atom is 0.264 e. The van der Waals surface area contributed by atoms with E-state index in [1.807, 2.05) is 64.4 Å². The molecule has 2 fully saturated rings. The average molecular weight is 633 g/mol. The molecule has 6 rings (SSSR count). The van der Waals surface area contributed by atoms with Gasteiger partial charge in [0.15, 0.2) is 5.60 Å². The van der Waals surface area contributed by atoms with Crippen molar-refractivity contribution in [3.8, 4) is 5.75 Å². The molecule has 7 nitrogen and oxygen atoms in total. The number of aliphatic hydroxyl groups is 1. The van der Waals surface area contributed by atoms with Crippen LogP contribution in [0.3, 0.4) is 0 Å². The van der Waals surface area contributed by atoms with Crippen molar-refractivity contribution < 1.29 is 24.2 Å². The molecule has 9 heteroatoms. The molecule has 4 atom stereocenters. The van der Waals surface area contributed by atoms with Crippen LogP contribution in [0.4, 0.5) is 11.4 Å². The molecule has 2 amide bonds. The van der Waals surface area contributed by atoms with E-state index in [1.165, 1.54) is 5.19 Å². The molecule has 1 N–H and O–H groups in total. The highest BCUT2D eigenvalue weighted by molar-refractivity contribution is 6.91. The van der Waals surface area contributed by atoms with Gasteiger partial charge in [0.05, 0.1) is 33.5 Å². The number of piperidine rings is 1. The highest BCUT2D eigenvalue weighted by atomic mass is 35.5. The summed E-state index contributed by atoms with van der Waals surface area (Å²) in [4.78, 5) is 30.9. The van der Waals surface area contributed by atoms with Gasteiger partial charge in [0.25, 0.3) is 5.91 Å². The van der Waals surface area contributed by atoms with Crippen molar-refractivity contribution in [2.45, 2.75) is 69.5 Å². The minimum Gasteiger partial charge on any atom is -0.497 e. The Bertz CT molecular complexity index is 1550. The standard InChI is InChI=1S/C35H41ClN2O5Si/c1-23-33(44(3,4)28-15-13-27(42-2)14-16-28)31(18-20-39)43-35(23)29-21-25(36)10-17-30(29)38(34(35)41)22-24-8-11-26(12-9-24)37-19-6-5-7-32(37)40/h8-17,21,23,31,33,39H,5-7,18-20,22H2,1-4H3/t23-,31+,33-,35+/m1/s1. The summed E-state index contributed by atoms with van der Waals surface area (Å²) >= 11 is 6.58. The molecule has 0 aromatic heterocycles. The lowest BCUT2D eigenvalue weighted by Crippen LogP contribution is -2.51. The van der Waals surface area contributed by atoms with Gasteiger partial charge in [-0.2, -0.15) is 0 Å². The molecular weight excluding hydrogens is 592 g/mol. The van der Waals surface area contributed by atoms with E-state index in [2.05, 4.69) is 32.2 Å². The van der Waals surface area contributed by atoms with Crippen molar-refractivity contribution in [3.63, 3.8) is 0 Å². The third-order valence-corrected chi connectivity index (χ3v) is 14.7. The first-order valence-electron chi connectivity index (χ1n) is 15.6. The first-order chi connectivity index (χ1) is 21.1. The first-order valence-corrected chi connectivity index (χ1v) is 19.0. The number of hydrogen-bond acceptors (Lipinski definition) is 5. The maximum atomic E-state index is 14.8. The minimum atomic E-state index is -2.26. The Labute approximate surface area is 265 Å². The van der Waals surface area contributed by atoms with Gasteiger partial charge in [-0.05, 0) is 72.8 Å². The second-order valence-corrected chi connectivity index (χ2v) is 18.0. The number of carbonyl (C=O) groups excluding carboxylic acids is 2. The second-order valence-electron chi connectivity index (χ2n) is 12.9. The Kier molecular flexibility index (Phi) is 8.39. The normalized spacial score (nSPS) is 25.2. The average Bonchev–Trinajstić information content (AvgIpc) is 3.44. The van der Waals surface area contributed by atoms with E-state index < -0.39 is 13.7 Å². The molecule has 0 aliphatic carbocycles. The van der Waals surface area contributed by atoms with E-state index in [9.17, 15) is 14.7 Å². The third kappa shape index (κ3) is 5.06. The zero-order chi connectivity index (χ0) is 31.2. The highest BCUT2D eigenvalue weighted by Gasteiger charge is 2.66. The maximum absolute atomic E-state index is 14.8. The van der Waals surface area contributed by atoms with Gasteiger partial charge in [0, 0.05) is 41.8 Å². The van der Waals surface area contributed by atoms with E-state index in [4.69, 9.17) is 21.1 Å². The summed E-state index contributed by atoms with van der Waals surface area (Å²) in [5.41, 5.74) is 2.30. The van der Waals surface area contributed by atoms with Crippen LogP contribution in [0.1, 0.15) is 43.7 Å². The summed E-state index contributed by atoms with van der Waals surface area (Å²) in [6, 6.07) is 21.8. The lowest BCUT2D eigenvalue weighted by atomic mass is 9.82. The molecule has 0 unspecified atom stereocenters. The minimum absolute atomic E-state index is 0.0246. The zero-order valence-corrected chi connectivity index (χ0v) is 27.6. The molecule has 44 heavy (non-hydrogen) atoms. The smallest absolute Gasteiger partial charge is 0.264 e. The number of methoxy groups -OCH3 is 1. The van der Waals surface area contributed by atoms with Crippen LogP contribution >= 0.6 is 11.6 Å². The van der Waals surface area contributed by atoms with Crippen LogP contribution in [0.5, 0.6) is 5.75 Å². The van der Waals surface area contributed by atoms with Gasteiger partial charge in [-0.1, -0.05) is 61.1 Å². The molecule has 3 aromatic carbocycles. The van der Waals surface area contributed by atoms with Crippen LogP contribution < -0.4 is 19.7 Å². The first kappa shape index (κ1) is 30.8. The number of anilines is 2. The molecule has 3 heterocycles. The molecule has 3 aliphatic heterocycles. The molecular formula is C35H41ClN2O5Si. The van der Waals surface area contributed by atoms with Crippen LogP contribution in [0.15, 0.2) is 66.7 Å². The van der Waals surface area contributed by atoms with Gasteiger partial charge in [0.2, 0.25) is 5.91 Å². The van der Waals surface area contributed by atoms with Crippen LogP contribution in [0.25, 0.3) is 0 Å². The Morgan fingerprint density at radius 2 is 1.77 bits per heavy atom. The Balaban J connectivity index is 1.35. The van der Waals surface area contributed by atoms with Crippen molar-refractivity contribution in [1.29, 1.82) is 0 Å². The number of halogens is 1. The molecule has 0 bridgehead atoms. The predicted octanol–water partition coefficient (Wildman–Crippen LogP) is 6.01. The van der Waals surface area contributed by atoms with E-state index in [0.717, 1.165) is 47.6 Å². The van der Waals surface area contributed by atoms with Crippen molar-refractivity contribution in [3.05, 3.63) is 82.9 Å². The topological polar surface area (TPSA) is 79.3 Å². The largest absolute Gasteiger partial charge is 0.497 e. The van der Waals surface area contributed by atoms with E-state index in [-0.39, 0.29) is 36.0 Å². The van der Waals surface area contributed by atoms with Crippen molar-refractivity contribution in [2.24, 2.45) is 5.92 Å². The van der Waals surface area contributed by atoms with Crippen LogP contribution in [-0.4, -0.2) is 51.4 Å². The summed E-state index contributed by atoms with van der Waals surface area (Å²) in [6.45, 7) is 7.87.